The minimum atomic E-state index is -0.364. The molecule has 3 N–H and O–H groups in total. The highest BCUT2D eigenvalue weighted by atomic mass is 16.2. The van der Waals surface area contributed by atoms with Gasteiger partial charge >= 0.3 is 0 Å². The predicted octanol–water partition coefficient (Wildman–Crippen LogP) is -1.77. The number of primary amides is 1. The fraction of sp³-hybridized carbons (Fsp3) is 0.800. The zero-order valence-electron chi connectivity index (χ0n) is 9.74. The molecule has 1 heterocycles. The highest BCUT2D eigenvalue weighted by Crippen LogP contribution is 1.98. The second kappa shape index (κ2) is 6.44. The van der Waals surface area contributed by atoms with Crippen LogP contribution in [0.3, 0.4) is 0 Å². The molecule has 16 heavy (non-hydrogen) atoms. The predicted molar refractivity (Wildman–Crippen MR) is 60.8 cm³/mol. The molecular formula is C10H20N4O2. The van der Waals surface area contributed by atoms with Gasteiger partial charge in [-0.25, -0.2) is 0 Å². The Morgan fingerprint density at radius 2 is 2.00 bits per heavy atom. The number of nitrogens with zero attached hydrogens (tertiary/aromatic N) is 2. The Morgan fingerprint density at radius 1 is 1.38 bits per heavy atom. The summed E-state index contributed by atoms with van der Waals surface area (Å²) in [5.74, 6) is -0.213. The summed E-state index contributed by atoms with van der Waals surface area (Å²) in [5, 5.41) is 3.20. The van der Waals surface area contributed by atoms with Crippen LogP contribution in [0.2, 0.25) is 0 Å². The third kappa shape index (κ3) is 4.59. The lowest BCUT2D eigenvalue weighted by molar-refractivity contribution is -0.132. The monoisotopic (exact) mass is 228 g/mol. The maximum Gasteiger partial charge on any atom is 0.231 e. The molecule has 6 nitrogen and oxygen atoms in total. The number of rotatable bonds is 5. The van der Waals surface area contributed by atoms with Crippen molar-refractivity contribution in [1.29, 1.82) is 0 Å². The number of hydrogen-bond donors (Lipinski definition) is 2. The van der Waals surface area contributed by atoms with Crippen molar-refractivity contribution in [2.75, 3.05) is 46.3 Å². The van der Waals surface area contributed by atoms with Crippen molar-refractivity contribution < 1.29 is 9.59 Å². The van der Waals surface area contributed by atoms with E-state index in [1.54, 1.807) is 11.9 Å². The van der Waals surface area contributed by atoms with Crippen LogP contribution in [0.1, 0.15) is 6.42 Å². The van der Waals surface area contributed by atoms with Gasteiger partial charge in [0.25, 0.3) is 0 Å². The molecule has 0 spiro atoms. The Hall–Kier alpha value is -1.14. The first-order valence-electron chi connectivity index (χ1n) is 5.55. The van der Waals surface area contributed by atoms with E-state index in [0.717, 1.165) is 26.2 Å². The molecule has 0 atom stereocenters. The molecule has 6 heteroatoms. The molecule has 1 saturated heterocycles. The van der Waals surface area contributed by atoms with E-state index in [2.05, 4.69) is 5.32 Å². The van der Waals surface area contributed by atoms with Crippen molar-refractivity contribution in [3.63, 3.8) is 0 Å². The van der Waals surface area contributed by atoms with Crippen LogP contribution >= 0.6 is 0 Å². The normalized spacial score (nSPS) is 16.5. The fourth-order valence-electron chi connectivity index (χ4n) is 1.70. The Bertz CT molecular complexity index is 251. The van der Waals surface area contributed by atoms with Crippen LogP contribution in [0.25, 0.3) is 0 Å². The molecule has 0 aliphatic carbocycles. The van der Waals surface area contributed by atoms with Gasteiger partial charge in [0.05, 0.1) is 6.54 Å². The molecule has 0 saturated carbocycles. The van der Waals surface area contributed by atoms with Gasteiger partial charge in [0.2, 0.25) is 11.8 Å². The number of amides is 2. The van der Waals surface area contributed by atoms with Crippen molar-refractivity contribution in [3.05, 3.63) is 0 Å². The topological polar surface area (TPSA) is 78.7 Å². The van der Waals surface area contributed by atoms with E-state index in [0.29, 0.717) is 13.0 Å². The van der Waals surface area contributed by atoms with Crippen molar-refractivity contribution in [1.82, 2.24) is 15.1 Å². The van der Waals surface area contributed by atoms with E-state index < -0.39 is 0 Å². The third-order valence-corrected chi connectivity index (χ3v) is 2.60. The second-order valence-electron chi connectivity index (χ2n) is 4.08. The van der Waals surface area contributed by atoms with E-state index >= 15 is 0 Å². The average molecular weight is 228 g/mol. The number of nitrogens with two attached hydrogens (primary N) is 1. The second-order valence-corrected chi connectivity index (χ2v) is 4.08. The Labute approximate surface area is 95.8 Å². The smallest absolute Gasteiger partial charge is 0.231 e. The van der Waals surface area contributed by atoms with Gasteiger partial charge in [-0.3, -0.25) is 14.5 Å². The van der Waals surface area contributed by atoms with Crippen LogP contribution in [0.5, 0.6) is 0 Å². The van der Waals surface area contributed by atoms with Gasteiger partial charge in [-0.2, -0.15) is 0 Å². The van der Waals surface area contributed by atoms with Gasteiger partial charge in [-0.15, -0.1) is 0 Å². The quantitative estimate of drug-likeness (QED) is 0.583. The van der Waals surface area contributed by atoms with Gasteiger partial charge in [0, 0.05) is 39.1 Å². The molecule has 0 aromatic rings. The van der Waals surface area contributed by atoms with Gasteiger partial charge in [0.15, 0.2) is 0 Å². The van der Waals surface area contributed by atoms with Crippen LogP contribution in [0.4, 0.5) is 0 Å². The summed E-state index contributed by atoms with van der Waals surface area (Å²) in [4.78, 5) is 26.0. The number of piperazine rings is 1. The maximum atomic E-state index is 11.7. The molecule has 1 aliphatic rings. The number of likely N-dealkylation sites (N-methyl/N-ethyl adjacent to an activating group) is 1. The molecule has 0 unspecified atom stereocenters. The van der Waals surface area contributed by atoms with E-state index in [1.807, 2.05) is 4.90 Å². The first-order valence-corrected chi connectivity index (χ1v) is 5.55. The van der Waals surface area contributed by atoms with E-state index in [4.69, 9.17) is 5.73 Å². The Kier molecular flexibility index (Phi) is 5.21. The van der Waals surface area contributed by atoms with Crippen molar-refractivity contribution in [2.24, 2.45) is 5.73 Å². The summed E-state index contributed by atoms with van der Waals surface area (Å²) in [6, 6.07) is 0. The lowest BCUT2D eigenvalue weighted by atomic mass is 10.3. The summed E-state index contributed by atoms with van der Waals surface area (Å²) in [6.07, 6.45) is 0.448. The fourth-order valence-corrected chi connectivity index (χ4v) is 1.70. The van der Waals surface area contributed by atoms with E-state index in [-0.39, 0.29) is 18.4 Å². The number of carbonyl (C=O) groups is 2. The average Bonchev–Trinajstić information content (AvgIpc) is 2.26. The largest absolute Gasteiger partial charge is 0.369 e. The van der Waals surface area contributed by atoms with E-state index in [1.165, 1.54) is 0 Å². The zero-order valence-corrected chi connectivity index (χ0v) is 9.74. The Balaban J connectivity index is 2.20. The number of hydrogen-bond acceptors (Lipinski definition) is 4. The third-order valence-electron chi connectivity index (χ3n) is 2.60. The summed E-state index contributed by atoms with van der Waals surface area (Å²) in [5.41, 5.74) is 5.06. The SMILES string of the molecule is CN(CCC(=O)N1CCNCC1)CC(N)=O. The van der Waals surface area contributed by atoms with Gasteiger partial charge in [0.1, 0.15) is 0 Å². The molecule has 1 rings (SSSR count). The van der Waals surface area contributed by atoms with Gasteiger partial charge in [-0.1, -0.05) is 0 Å². The van der Waals surface area contributed by atoms with Gasteiger partial charge < -0.3 is 16.0 Å². The minimum absolute atomic E-state index is 0.151. The molecule has 1 fully saturated rings. The van der Waals surface area contributed by atoms with Gasteiger partial charge in [-0.05, 0) is 7.05 Å². The van der Waals surface area contributed by atoms with Crippen molar-refractivity contribution in [2.45, 2.75) is 6.42 Å². The van der Waals surface area contributed by atoms with E-state index in [9.17, 15) is 9.59 Å². The lowest BCUT2D eigenvalue weighted by Gasteiger charge is -2.28. The van der Waals surface area contributed by atoms with Crippen LogP contribution < -0.4 is 11.1 Å². The first kappa shape index (κ1) is 12.9. The highest BCUT2D eigenvalue weighted by molar-refractivity contribution is 5.77. The van der Waals surface area contributed by atoms with Crippen LogP contribution in [0.15, 0.2) is 0 Å². The first-order chi connectivity index (χ1) is 7.59. The van der Waals surface area contributed by atoms with Crippen molar-refractivity contribution >= 4 is 11.8 Å². The molecule has 0 aromatic heterocycles. The lowest BCUT2D eigenvalue weighted by Crippen LogP contribution is -2.47. The van der Waals surface area contributed by atoms with Crippen LogP contribution in [-0.4, -0.2) is 67.9 Å². The molecule has 92 valence electrons. The Morgan fingerprint density at radius 3 is 2.56 bits per heavy atom. The zero-order chi connectivity index (χ0) is 12.0. The number of nitrogens with one attached hydrogen (secondary N) is 1. The summed E-state index contributed by atoms with van der Waals surface area (Å²) in [6.45, 7) is 4.06. The standard InChI is InChI=1S/C10H20N4O2/c1-13(8-9(11)15)5-2-10(16)14-6-3-12-4-7-14/h12H,2-8H2,1H3,(H2,11,15). The van der Waals surface area contributed by atoms with Crippen LogP contribution in [0, 0.1) is 0 Å². The maximum absolute atomic E-state index is 11.7. The highest BCUT2D eigenvalue weighted by Gasteiger charge is 2.16. The molecule has 2 amide bonds. The number of carbonyl (C=O) groups excluding carboxylic acids is 2. The molecule has 0 aromatic carbocycles. The molecule has 0 bridgehead atoms. The molecular weight excluding hydrogens is 208 g/mol. The summed E-state index contributed by atoms with van der Waals surface area (Å²) in [7, 11) is 1.79. The van der Waals surface area contributed by atoms with Crippen LogP contribution in [-0.2, 0) is 9.59 Å². The molecule has 1 aliphatic heterocycles. The summed E-state index contributed by atoms with van der Waals surface area (Å²) >= 11 is 0. The summed E-state index contributed by atoms with van der Waals surface area (Å²) < 4.78 is 0. The van der Waals surface area contributed by atoms with Crippen molar-refractivity contribution in [3.8, 4) is 0 Å². The minimum Gasteiger partial charge on any atom is -0.369 e. The molecule has 0 radical (unpaired) electrons.